The molecule has 1 saturated heterocycles. The Hall–Kier alpha value is 0.170. The molecular weight excluding hydrogens is 190 g/mol. The van der Waals surface area contributed by atoms with E-state index in [0.29, 0.717) is 18.6 Å². The van der Waals surface area contributed by atoms with Gasteiger partial charge in [0.1, 0.15) is 0 Å². The summed E-state index contributed by atoms with van der Waals surface area (Å²) in [5.41, 5.74) is 0. The van der Waals surface area contributed by atoms with Crippen molar-refractivity contribution in [3.05, 3.63) is 0 Å². The van der Waals surface area contributed by atoms with Crippen molar-refractivity contribution in [3.8, 4) is 0 Å². The zero-order valence-electron chi connectivity index (χ0n) is 7.91. The van der Waals surface area contributed by atoms with Crippen molar-refractivity contribution in [1.29, 1.82) is 0 Å². The molecule has 1 aliphatic heterocycles. The first kappa shape index (κ1) is 11.2. The van der Waals surface area contributed by atoms with Gasteiger partial charge in [0.05, 0.1) is 19.3 Å². The zero-order chi connectivity index (χ0) is 9.52. The maximum Gasteiger partial charge on any atom is 0.0701 e. The second-order valence-electron chi connectivity index (χ2n) is 3.32. The highest BCUT2D eigenvalue weighted by atomic mass is 35.5. The van der Waals surface area contributed by atoms with Gasteiger partial charge in [-0.1, -0.05) is 0 Å². The molecule has 1 heterocycles. The average molecular weight is 208 g/mol. The highest BCUT2D eigenvalue weighted by molar-refractivity contribution is 6.18. The molecule has 0 aliphatic carbocycles. The lowest BCUT2D eigenvalue weighted by Gasteiger charge is -2.31. The quantitative estimate of drug-likeness (QED) is 0.674. The molecule has 0 saturated carbocycles. The van der Waals surface area contributed by atoms with Gasteiger partial charge in [0.15, 0.2) is 0 Å². The number of halogens is 1. The Morgan fingerprint density at radius 1 is 1.38 bits per heavy atom. The van der Waals surface area contributed by atoms with Crippen LogP contribution in [0.1, 0.15) is 12.8 Å². The third-order valence-electron chi connectivity index (χ3n) is 2.38. The summed E-state index contributed by atoms with van der Waals surface area (Å²) < 4.78 is 5.45. The molecule has 1 N–H and O–H groups in total. The number of likely N-dealkylation sites (tertiary alicyclic amines) is 1. The molecule has 1 aliphatic rings. The topological polar surface area (TPSA) is 32.7 Å². The first-order valence-corrected chi connectivity index (χ1v) is 5.41. The Morgan fingerprint density at radius 2 is 2.08 bits per heavy atom. The highest BCUT2D eigenvalue weighted by Crippen LogP contribution is 2.13. The summed E-state index contributed by atoms with van der Waals surface area (Å²) in [6.45, 7) is 3.72. The van der Waals surface area contributed by atoms with E-state index in [9.17, 15) is 0 Å². The van der Waals surface area contributed by atoms with Crippen LogP contribution < -0.4 is 0 Å². The van der Waals surface area contributed by atoms with E-state index in [0.717, 1.165) is 32.5 Å². The van der Waals surface area contributed by atoms with E-state index in [1.807, 2.05) is 0 Å². The number of piperidine rings is 1. The van der Waals surface area contributed by atoms with Crippen LogP contribution in [0.25, 0.3) is 0 Å². The van der Waals surface area contributed by atoms with Crippen LogP contribution in [0, 0.1) is 0 Å². The molecule has 4 heteroatoms. The van der Waals surface area contributed by atoms with Crippen molar-refractivity contribution in [3.63, 3.8) is 0 Å². The molecule has 0 unspecified atom stereocenters. The fraction of sp³-hybridized carbons (Fsp3) is 1.00. The highest BCUT2D eigenvalue weighted by Gasteiger charge is 2.18. The molecule has 0 bridgehead atoms. The third-order valence-corrected chi connectivity index (χ3v) is 2.55. The monoisotopic (exact) mass is 207 g/mol. The number of hydrogen-bond donors (Lipinski definition) is 1. The Bertz CT molecular complexity index is 127. The normalized spacial score (nSPS) is 20.8. The van der Waals surface area contributed by atoms with Gasteiger partial charge in [-0.25, -0.2) is 0 Å². The smallest absolute Gasteiger partial charge is 0.0701 e. The number of aliphatic hydroxyl groups excluding tert-OH is 1. The fourth-order valence-corrected chi connectivity index (χ4v) is 1.88. The number of ether oxygens (including phenoxy) is 1. The lowest BCUT2D eigenvalue weighted by Crippen LogP contribution is -2.38. The molecule has 3 nitrogen and oxygen atoms in total. The fourth-order valence-electron chi connectivity index (χ4n) is 1.64. The first-order chi connectivity index (χ1) is 6.36. The van der Waals surface area contributed by atoms with E-state index in [1.54, 1.807) is 0 Å². The van der Waals surface area contributed by atoms with E-state index in [1.165, 1.54) is 0 Å². The van der Waals surface area contributed by atoms with Gasteiger partial charge in [-0.15, -0.1) is 11.6 Å². The van der Waals surface area contributed by atoms with Crippen LogP contribution in [-0.2, 0) is 4.74 Å². The maximum atomic E-state index is 8.58. The van der Waals surface area contributed by atoms with Gasteiger partial charge in [0.2, 0.25) is 0 Å². The zero-order valence-corrected chi connectivity index (χ0v) is 8.67. The molecule has 0 aromatic carbocycles. The molecule has 0 aromatic heterocycles. The molecule has 78 valence electrons. The lowest BCUT2D eigenvalue weighted by atomic mass is 10.1. The van der Waals surface area contributed by atoms with Gasteiger partial charge in [-0.3, -0.25) is 0 Å². The summed E-state index contributed by atoms with van der Waals surface area (Å²) in [7, 11) is 0. The summed E-state index contributed by atoms with van der Waals surface area (Å²) in [5.74, 6) is 0.710. The third kappa shape index (κ3) is 4.27. The molecule has 0 aromatic rings. The minimum Gasteiger partial charge on any atom is -0.394 e. The van der Waals surface area contributed by atoms with Crippen molar-refractivity contribution >= 4 is 11.6 Å². The van der Waals surface area contributed by atoms with Crippen molar-refractivity contribution in [1.82, 2.24) is 4.90 Å². The standard InChI is InChI=1S/C9H18ClNO2/c10-3-6-11-4-1-9(2-5-11)13-8-7-12/h9,12H,1-8H2. The average Bonchev–Trinajstić information content (AvgIpc) is 2.17. The summed E-state index contributed by atoms with van der Waals surface area (Å²) in [6.07, 6.45) is 2.48. The summed E-state index contributed by atoms with van der Waals surface area (Å²) >= 11 is 5.65. The second-order valence-corrected chi connectivity index (χ2v) is 3.70. The minimum atomic E-state index is 0.127. The number of alkyl halides is 1. The Morgan fingerprint density at radius 3 is 2.62 bits per heavy atom. The van der Waals surface area contributed by atoms with Crippen molar-refractivity contribution in [2.45, 2.75) is 18.9 Å². The summed E-state index contributed by atoms with van der Waals surface area (Å²) in [6, 6.07) is 0. The molecule has 0 amide bonds. The van der Waals surface area contributed by atoms with E-state index in [-0.39, 0.29) is 6.61 Å². The maximum absolute atomic E-state index is 8.58. The molecule has 0 atom stereocenters. The lowest BCUT2D eigenvalue weighted by molar-refractivity contribution is -0.00672. The van der Waals surface area contributed by atoms with Crippen LogP contribution in [0.5, 0.6) is 0 Å². The van der Waals surface area contributed by atoms with Gasteiger partial charge in [-0.05, 0) is 12.8 Å². The molecule has 0 spiro atoms. The van der Waals surface area contributed by atoms with Crippen LogP contribution in [0.15, 0.2) is 0 Å². The van der Waals surface area contributed by atoms with Crippen molar-refractivity contribution in [2.75, 3.05) is 38.7 Å². The Balaban J connectivity index is 2.08. The van der Waals surface area contributed by atoms with Crippen LogP contribution in [0.3, 0.4) is 0 Å². The van der Waals surface area contributed by atoms with Crippen LogP contribution in [-0.4, -0.2) is 54.8 Å². The number of aliphatic hydroxyl groups is 1. The van der Waals surface area contributed by atoms with E-state index in [2.05, 4.69) is 4.90 Å². The predicted molar refractivity (Wildman–Crippen MR) is 53.2 cm³/mol. The Labute approximate surface area is 84.6 Å². The summed E-state index contributed by atoms with van der Waals surface area (Å²) in [4.78, 5) is 2.35. The van der Waals surface area contributed by atoms with Gasteiger partial charge >= 0.3 is 0 Å². The number of hydrogen-bond acceptors (Lipinski definition) is 3. The van der Waals surface area contributed by atoms with Gasteiger partial charge in [0.25, 0.3) is 0 Å². The Kier molecular flexibility index (Phi) is 5.71. The van der Waals surface area contributed by atoms with E-state index in [4.69, 9.17) is 21.4 Å². The van der Waals surface area contributed by atoms with Crippen LogP contribution >= 0.6 is 11.6 Å². The number of nitrogens with zero attached hydrogens (tertiary/aromatic N) is 1. The SMILES string of the molecule is OCCOC1CCN(CCCl)CC1. The molecule has 13 heavy (non-hydrogen) atoms. The first-order valence-electron chi connectivity index (χ1n) is 4.87. The van der Waals surface area contributed by atoms with Gasteiger partial charge < -0.3 is 14.7 Å². The van der Waals surface area contributed by atoms with Crippen molar-refractivity contribution < 1.29 is 9.84 Å². The van der Waals surface area contributed by atoms with Crippen LogP contribution in [0.2, 0.25) is 0 Å². The van der Waals surface area contributed by atoms with E-state index >= 15 is 0 Å². The van der Waals surface area contributed by atoms with Crippen molar-refractivity contribution in [2.24, 2.45) is 0 Å². The van der Waals surface area contributed by atoms with Crippen LogP contribution in [0.4, 0.5) is 0 Å². The minimum absolute atomic E-state index is 0.127. The molecule has 0 radical (unpaired) electrons. The number of rotatable bonds is 5. The van der Waals surface area contributed by atoms with E-state index < -0.39 is 0 Å². The second kappa shape index (κ2) is 6.60. The van der Waals surface area contributed by atoms with Gasteiger partial charge in [0, 0.05) is 25.5 Å². The molecular formula is C9H18ClNO2. The molecule has 1 fully saturated rings. The molecule has 1 rings (SSSR count). The predicted octanol–water partition coefficient (Wildman–Crippen LogP) is 0.698. The van der Waals surface area contributed by atoms with Gasteiger partial charge in [-0.2, -0.15) is 0 Å². The summed E-state index contributed by atoms with van der Waals surface area (Å²) in [5, 5.41) is 8.58. The largest absolute Gasteiger partial charge is 0.394 e.